The average molecular weight is 465 g/mol. The van der Waals surface area contributed by atoms with E-state index in [9.17, 15) is 4.79 Å². The second-order valence-corrected chi connectivity index (χ2v) is 7.54. The van der Waals surface area contributed by atoms with Crippen LogP contribution in [0.25, 0.3) is 5.57 Å². The second kappa shape index (κ2) is 13.2. The SMILES string of the molecule is C=C=C(CCc1ccc(NC(=O)/C=C/C2=C(c3ccc(OC)cc3)C=CC=C=C2)cc1)O/C=N\C. The van der Waals surface area contributed by atoms with Gasteiger partial charge in [0.15, 0.2) is 6.40 Å². The molecule has 0 aliphatic heterocycles. The van der Waals surface area contributed by atoms with E-state index in [-0.39, 0.29) is 5.91 Å². The van der Waals surface area contributed by atoms with E-state index in [4.69, 9.17) is 9.47 Å². The smallest absolute Gasteiger partial charge is 0.248 e. The highest BCUT2D eigenvalue weighted by Gasteiger charge is 2.06. The first kappa shape index (κ1) is 25.1. The van der Waals surface area contributed by atoms with Gasteiger partial charge in [0.1, 0.15) is 11.5 Å². The van der Waals surface area contributed by atoms with Gasteiger partial charge in [-0.15, -0.1) is 5.73 Å². The summed E-state index contributed by atoms with van der Waals surface area (Å²) < 4.78 is 10.6. The molecule has 176 valence electrons. The molecule has 3 rings (SSSR count). The van der Waals surface area contributed by atoms with Crippen molar-refractivity contribution in [3.05, 3.63) is 125 Å². The van der Waals surface area contributed by atoms with Gasteiger partial charge in [0.2, 0.25) is 5.91 Å². The summed E-state index contributed by atoms with van der Waals surface area (Å²) >= 11 is 0. The summed E-state index contributed by atoms with van der Waals surface area (Å²) in [4.78, 5) is 16.4. The molecule has 1 aliphatic rings. The molecule has 2 aromatic carbocycles. The third-order valence-corrected chi connectivity index (χ3v) is 5.18. The van der Waals surface area contributed by atoms with Gasteiger partial charge in [-0.3, -0.25) is 9.79 Å². The third-order valence-electron chi connectivity index (χ3n) is 5.18. The number of hydrogen-bond acceptors (Lipinski definition) is 4. The zero-order valence-corrected chi connectivity index (χ0v) is 20.0. The van der Waals surface area contributed by atoms with Crippen LogP contribution in [0, 0.1) is 0 Å². The van der Waals surface area contributed by atoms with Gasteiger partial charge in [-0.1, -0.05) is 48.7 Å². The van der Waals surface area contributed by atoms with Crippen LogP contribution >= 0.6 is 0 Å². The fourth-order valence-corrected chi connectivity index (χ4v) is 3.35. The number of benzene rings is 2. The molecule has 0 saturated heterocycles. The van der Waals surface area contributed by atoms with Crippen molar-refractivity contribution >= 4 is 23.6 Å². The van der Waals surface area contributed by atoms with Crippen molar-refractivity contribution in [3.8, 4) is 5.75 Å². The van der Waals surface area contributed by atoms with E-state index in [1.807, 2.05) is 72.8 Å². The van der Waals surface area contributed by atoms with Crippen molar-refractivity contribution in [2.24, 2.45) is 4.99 Å². The highest BCUT2D eigenvalue weighted by Crippen LogP contribution is 2.25. The molecule has 1 aliphatic carbocycles. The highest BCUT2D eigenvalue weighted by molar-refractivity contribution is 6.00. The number of ether oxygens (including phenoxy) is 2. The number of nitrogens with one attached hydrogen (secondary N) is 1. The minimum atomic E-state index is -0.214. The average Bonchev–Trinajstić information content (AvgIpc) is 3.14. The van der Waals surface area contributed by atoms with E-state index in [2.05, 4.69) is 28.4 Å². The molecule has 35 heavy (non-hydrogen) atoms. The number of amides is 1. The number of carbonyl (C=O) groups excluding carboxylic acids is 1. The molecule has 0 unspecified atom stereocenters. The van der Waals surface area contributed by atoms with Crippen LogP contribution in [0.3, 0.4) is 0 Å². The normalized spacial score (nSPS) is 12.6. The van der Waals surface area contributed by atoms with Crippen molar-refractivity contribution < 1.29 is 14.3 Å². The first-order valence-corrected chi connectivity index (χ1v) is 11.1. The highest BCUT2D eigenvalue weighted by atomic mass is 16.5. The maximum Gasteiger partial charge on any atom is 0.248 e. The lowest BCUT2D eigenvalue weighted by molar-refractivity contribution is -0.111. The molecule has 1 amide bonds. The Labute approximate surface area is 206 Å². The van der Waals surface area contributed by atoms with Crippen LogP contribution in [0.5, 0.6) is 5.75 Å². The number of carbonyl (C=O) groups is 1. The van der Waals surface area contributed by atoms with E-state index < -0.39 is 0 Å². The van der Waals surface area contributed by atoms with Crippen molar-refractivity contribution in [1.82, 2.24) is 0 Å². The lowest BCUT2D eigenvalue weighted by atomic mass is 9.99. The molecule has 1 N–H and O–H groups in total. The number of anilines is 1. The van der Waals surface area contributed by atoms with E-state index in [0.717, 1.165) is 40.1 Å². The van der Waals surface area contributed by atoms with Gasteiger partial charge in [0.05, 0.1) is 7.11 Å². The van der Waals surface area contributed by atoms with E-state index in [0.29, 0.717) is 12.2 Å². The molecule has 5 nitrogen and oxygen atoms in total. The number of nitrogens with zero attached hydrogens (tertiary/aromatic N) is 1. The number of rotatable bonds is 10. The summed E-state index contributed by atoms with van der Waals surface area (Å²) in [5.41, 5.74) is 10.6. The minimum absolute atomic E-state index is 0.214. The molecular formula is C30H28N2O3. The van der Waals surface area contributed by atoms with Gasteiger partial charge in [0.25, 0.3) is 0 Å². The third kappa shape index (κ3) is 7.76. The summed E-state index contributed by atoms with van der Waals surface area (Å²) in [6.45, 7) is 3.64. The lowest BCUT2D eigenvalue weighted by Gasteiger charge is -2.08. The number of aryl methyl sites for hydroxylation is 1. The molecule has 0 fully saturated rings. The Morgan fingerprint density at radius 2 is 1.94 bits per heavy atom. The van der Waals surface area contributed by atoms with Crippen LogP contribution < -0.4 is 10.1 Å². The van der Waals surface area contributed by atoms with E-state index >= 15 is 0 Å². The first-order chi connectivity index (χ1) is 17.1. The quantitative estimate of drug-likeness (QED) is 0.150. The standard InChI is InChI=1S/C30H28N2O3/c1-4-27(35-22-31-2)18-12-23-10-16-26(17-11-23)32-30(33)21-15-24-8-6-5-7-9-29(24)25-13-19-28(34-3)20-14-25/h5,7-11,13-17,19-22H,1,12,18H2,2-3H3,(H,32,33)/b21-15+,31-22-. The van der Waals surface area contributed by atoms with Crippen molar-refractivity contribution in [2.75, 3.05) is 19.5 Å². The van der Waals surface area contributed by atoms with Crippen molar-refractivity contribution in [1.29, 1.82) is 0 Å². The molecule has 0 atom stereocenters. The molecular weight excluding hydrogens is 436 g/mol. The Hall–Kier alpha value is -4.56. The van der Waals surface area contributed by atoms with Crippen LogP contribution in [-0.2, 0) is 16.0 Å². The molecule has 0 aromatic heterocycles. The molecule has 2 aromatic rings. The Balaban J connectivity index is 1.65. The Kier molecular flexibility index (Phi) is 9.47. The van der Waals surface area contributed by atoms with Crippen molar-refractivity contribution in [2.45, 2.75) is 12.8 Å². The molecule has 0 bridgehead atoms. The minimum Gasteiger partial charge on any atom is -0.497 e. The maximum absolute atomic E-state index is 12.6. The molecule has 0 saturated carbocycles. The van der Waals surface area contributed by atoms with Crippen molar-refractivity contribution in [3.63, 3.8) is 0 Å². The molecule has 0 spiro atoms. The van der Waals surface area contributed by atoms with Gasteiger partial charge in [-0.05, 0) is 71.2 Å². The first-order valence-electron chi connectivity index (χ1n) is 11.1. The molecule has 0 radical (unpaired) electrons. The summed E-state index contributed by atoms with van der Waals surface area (Å²) in [7, 11) is 3.28. The zero-order valence-electron chi connectivity index (χ0n) is 20.0. The number of aliphatic imine (C=N–C) groups is 1. The van der Waals surface area contributed by atoms with Crippen LogP contribution in [-0.4, -0.2) is 26.5 Å². The summed E-state index contributed by atoms with van der Waals surface area (Å²) in [6.07, 6.45) is 13.7. The Morgan fingerprint density at radius 1 is 1.17 bits per heavy atom. The van der Waals surface area contributed by atoms with Crippen LogP contribution in [0.4, 0.5) is 5.69 Å². The largest absolute Gasteiger partial charge is 0.497 e. The van der Waals surface area contributed by atoms with Gasteiger partial charge in [0, 0.05) is 25.2 Å². The number of hydrogen-bond donors (Lipinski definition) is 1. The summed E-state index contributed by atoms with van der Waals surface area (Å²) in [5, 5.41) is 2.90. The Morgan fingerprint density at radius 3 is 2.63 bits per heavy atom. The van der Waals surface area contributed by atoms with Gasteiger partial charge in [-0.25, -0.2) is 0 Å². The molecule has 5 heteroatoms. The van der Waals surface area contributed by atoms with Crippen LogP contribution in [0.2, 0.25) is 0 Å². The summed E-state index contributed by atoms with van der Waals surface area (Å²) in [5.74, 6) is 1.22. The topological polar surface area (TPSA) is 59.9 Å². The number of allylic oxidation sites excluding steroid dienone is 7. The molecule has 0 heterocycles. The van der Waals surface area contributed by atoms with E-state index in [1.54, 1.807) is 20.2 Å². The van der Waals surface area contributed by atoms with Gasteiger partial charge >= 0.3 is 0 Å². The fraction of sp³-hybridized carbons (Fsp3) is 0.133. The predicted octanol–water partition coefficient (Wildman–Crippen LogP) is 6.20. The van der Waals surface area contributed by atoms with Crippen LogP contribution in [0.1, 0.15) is 17.5 Å². The zero-order chi connectivity index (χ0) is 24.9. The lowest BCUT2D eigenvalue weighted by Crippen LogP contribution is -2.08. The number of methoxy groups -OCH3 is 1. The van der Waals surface area contributed by atoms with Gasteiger partial charge in [-0.2, -0.15) is 0 Å². The predicted molar refractivity (Wildman–Crippen MR) is 142 cm³/mol. The van der Waals surface area contributed by atoms with E-state index in [1.165, 1.54) is 12.5 Å². The fourth-order valence-electron chi connectivity index (χ4n) is 3.35. The Bertz CT molecular complexity index is 1260. The van der Waals surface area contributed by atoms with Gasteiger partial charge < -0.3 is 14.8 Å². The van der Waals surface area contributed by atoms with Crippen LogP contribution in [0.15, 0.2) is 119 Å². The second-order valence-electron chi connectivity index (χ2n) is 7.54. The summed E-state index contributed by atoms with van der Waals surface area (Å²) in [6, 6.07) is 15.5. The monoisotopic (exact) mass is 464 g/mol. The maximum atomic E-state index is 12.6.